The quantitative estimate of drug-likeness (QED) is 0.786. The Labute approximate surface area is 127 Å². The molecule has 1 aliphatic rings. The van der Waals surface area contributed by atoms with Gasteiger partial charge in [0.2, 0.25) is 0 Å². The number of hydrogen-bond donors (Lipinski definition) is 1. The zero-order valence-corrected chi connectivity index (χ0v) is 12.0. The molecule has 7 nitrogen and oxygen atoms in total. The van der Waals surface area contributed by atoms with Crippen LogP contribution in [0.2, 0.25) is 0 Å². The highest BCUT2D eigenvalue weighted by atomic mass is 16.5. The van der Waals surface area contributed by atoms with Gasteiger partial charge in [-0.25, -0.2) is 15.0 Å². The van der Waals surface area contributed by atoms with Crippen LogP contribution in [0.25, 0.3) is 11.2 Å². The summed E-state index contributed by atoms with van der Waals surface area (Å²) in [7, 11) is 0. The van der Waals surface area contributed by atoms with Gasteiger partial charge < -0.3 is 14.6 Å². The van der Waals surface area contributed by atoms with Crippen LogP contribution < -0.4 is 4.90 Å². The van der Waals surface area contributed by atoms with Crippen molar-refractivity contribution < 1.29 is 4.74 Å². The van der Waals surface area contributed by atoms with Crippen molar-refractivity contribution in [3.63, 3.8) is 0 Å². The number of aromatic nitrogens is 5. The van der Waals surface area contributed by atoms with E-state index < -0.39 is 0 Å². The van der Waals surface area contributed by atoms with E-state index in [0.717, 1.165) is 36.4 Å². The summed E-state index contributed by atoms with van der Waals surface area (Å²) in [5.74, 6) is 0.900. The molecule has 1 fully saturated rings. The van der Waals surface area contributed by atoms with Crippen molar-refractivity contribution in [2.75, 3.05) is 18.0 Å². The zero-order chi connectivity index (χ0) is 14.8. The Morgan fingerprint density at radius 1 is 1.23 bits per heavy atom. The van der Waals surface area contributed by atoms with Crippen LogP contribution in [0.5, 0.6) is 0 Å². The average molecular weight is 296 g/mol. The standard InChI is InChI=1S/C15H16N6O/c1-4-16-5-2-11(1)8-22-12-3-6-21(7-12)15-13-14(18-9-17-13)19-10-20-15/h1-2,4-5,9-10,12H,3,6-8H2,(H,17,18,19,20)/t12-/m1/s1. The maximum atomic E-state index is 6.00. The lowest BCUT2D eigenvalue weighted by Gasteiger charge is -2.17. The fourth-order valence-electron chi connectivity index (χ4n) is 2.74. The molecule has 1 saturated heterocycles. The monoisotopic (exact) mass is 296 g/mol. The summed E-state index contributed by atoms with van der Waals surface area (Å²) < 4.78 is 6.00. The minimum Gasteiger partial charge on any atom is -0.372 e. The summed E-state index contributed by atoms with van der Waals surface area (Å²) >= 11 is 0. The second kappa shape index (κ2) is 5.69. The van der Waals surface area contributed by atoms with E-state index in [0.29, 0.717) is 12.3 Å². The van der Waals surface area contributed by atoms with E-state index in [-0.39, 0.29) is 6.10 Å². The Morgan fingerprint density at radius 2 is 2.14 bits per heavy atom. The fourth-order valence-corrected chi connectivity index (χ4v) is 2.74. The largest absolute Gasteiger partial charge is 0.372 e. The molecule has 4 heterocycles. The van der Waals surface area contributed by atoms with E-state index in [1.807, 2.05) is 12.1 Å². The van der Waals surface area contributed by atoms with E-state index in [1.54, 1.807) is 25.0 Å². The third kappa shape index (κ3) is 2.50. The molecular weight excluding hydrogens is 280 g/mol. The first kappa shape index (κ1) is 13.1. The number of imidazole rings is 1. The molecule has 0 bridgehead atoms. The minimum absolute atomic E-state index is 0.209. The van der Waals surface area contributed by atoms with Crippen LogP contribution in [0.3, 0.4) is 0 Å². The van der Waals surface area contributed by atoms with Gasteiger partial charge in [0.1, 0.15) is 11.8 Å². The molecule has 0 aliphatic carbocycles. The first-order valence-electron chi connectivity index (χ1n) is 7.29. The Bertz CT molecular complexity index is 759. The van der Waals surface area contributed by atoms with Crippen molar-refractivity contribution in [3.8, 4) is 0 Å². The SMILES string of the molecule is c1cc(CO[C@@H]2CCN(c3ncnc4nc[nH]c34)C2)ccn1. The van der Waals surface area contributed by atoms with Gasteiger partial charge in [0.25, 0.3) is 0 Å². The number of aromatic amines is 1. The molecule has 0 aromatic carbocycles. The predicted molar refractivity (Wildman–Crippen MR) is 81.3 cm³/mol. The van der Waals surface area contributed by atoms with Crippen molar-refractivity contribution >= 4 is 17.0 Å². The van der Waals surface area contributed by atoms with E-state index in [9.17, 15) is 0 Å². The van der Waals surface area contributed by atoms with Gasteiger partial charge in [-0.15, -0.1) is 0 Å². The lowest BCUT2D eigenvalue weighted by molar-refractivity contribution is 0.0553. The first-order chi connectivity index (χ1) is 10.9. The van der Waals surface area contributed by atoms with Crippen molar-refractivity contribution in [1.82, 2.24) is 24.9 Å². The highest BCUT2D eigenvalue weighted by Gasteiger charge is 2.26. The molecule has 0 saturated carbocycles. The van der Waals surface area contributed by atoms with Gasteiger partial charge in [-0.1, -0.05) is 0 Å². The third-order valence-corrected chi connectivity index (χ3v) is 3.88. The maximum absolute atomic E-state index is 6.00. The second-order valence-electron chi connectivity index (χ2n) is 5.32. The van der Waals surface area contributed by atoms with Crippen molar-refractivity contribution in [1.29, 1.82) is 0 Å². The summed E-state index contributed by atoms with van der Waals surface area (Å²) in [5.41, 5.74) is 2.73. The summed E-state index contributed by atoms with van der Waals surface area (Å²) in [5, 5.41) is 0. The van der Waals surface area contributed by atoms with Crippen molar-refractivity contribution in [2.24, 2.45) is 0 Å². The van der Waals surface area contributed by atoms with Gasteiger partial charge in [-0.3, -0.25) is 4.98 Å². The molecule has 112 valence electrons. The number of anilines is 1. The minimum atomic E-state index is 0.209. The van der Waals surface area contributed by atoms with E-state index in [1.165, 1.54) is 0 Å². The molecule has 0 amide bonds. The fraction of sp³-hybridized carbons (Fsp3) is 0.333. The average Bonchev–Trinajstić information content (AvgIpc) is 3.22. The molecule has 1 N–H and O–H groups in total. The van der Waals surface area contributed by atoms with Gasteiger partial charge >= 0.3 is 0 Å². The van der Waals surface area contributed by atoms with Crippen LogP contribution >= 0.6 is 0 Å². The topological polar surface area (TPSA) is 79.8 Å². The van der Waals surface area contributed by atoms with Crippen LogP contribution in [0.1, 0.15) is 12.0 Å². The molecule has 1 atom stereocenters. The number of hydrogen-bond acceptors (Lipinski definition) is 6. The van der Waals surface area contributed by atoms with E-state index >= 15 is 0 Å². The number of H-pyrrole nitrogens is 1. The van der Waals surface area contributed by atoms with Gasteiger partial charge in [0, 0.05) is 25.5 Å². The van der Waals surface area contributed by atoms with E-state index in [4.69, 9.17) is 4.74 Å². The van der Waals surface area contributed by atoms with Gasteiger partial charge in [0.05, 0.1) is 19.0 Å². The van der Waals surface area contributed by atoms with Crippen LogP contribution in [0, 0.1) is 0 Å². The van der Waals surface area contributed by atoms with Crippen molar-refractivity contribution in [2.45, 2.75) is 19.1 Å². The molecule has 3 aromatic heterocycles. The Hall–Kier alpha value is -2.54. The third-order valence-electron chi connectivity index (χ3n) is 3.88. The summed E-state index contributed by atoms with van der Waals surface area (Å²) in [4.78, 5) is 22.1. The van der Waals surface area contributed by atoms with Crippen molar-refractivity contribution in [3.05, 3.63) is 42.7 Å². The lowest BCUT2D eigenvalue weighted by atomic mass is 10.3. The normalized spacial score (nSPS) is 18.2. The predicted octanol–water partition coefficient (Wildman–Crippen LogP) is 1.54. The summed E-state index contributed by atoms with van der Waals surface area (Å²) in [6.07, 6.45) is 7.98. The number of fused-ring (bicyclic) bond motifs is 1. The second-order valence-corrected chi connectivity index (χ2v) is 5.32. The van der Waals surface area contributed by atoms with E-state index in [2.05, 4.69) is 29.8 Å². The van der Waals surface area contributed by atoms with Gasteiger partial charge in [-0.2, -0.15) is 0 Å². The Kier molecular flexibility index (Phi) is 3.40. The number of nitrogens with one attached hydrogen (secondary N) is 1. The zero-order valence-electron chi connectivity index (χ0n) is 12.0. The number of nitrogens with zero attached hydrogens (tertiary/aromatic N) is 5. The molecule has 7 heteroatoms. The summed E-state index contributed by atoms with van der Waals surface area (Å²) in [6.45, 7) is 2.37. The molecular formula is C15H16N6O. The Balaban J connectivity index is 1.43. The first-order valence-corrected chi connectivity index (χ1v) is 7.29. The smallest absolute Gasteiger partial charge is 0.182 e. The van der Waals surface area contributed by atoms with Gasteiger partial charge in [0.15, 0.2) is 11.5 Å². The maximum Gasteiger partial charge on any atom is 0.182 e. The molecule has 0 spiro atoms. The summed E-state index contributed by atoms with van der Waals surface area (Å²) in [6, 6.07) is 3.95. The van der Waals surface area contributed by atoms with Crippen LogP contribution in [0.4, 0.5) is 5.82 Å². The number of rotatable bonds is 4. The lowest BCUT2D eigenvalue weighted by Crippen LogP contribution is -2.24. The van der Waals surface area contributed by atoms with Crippen LogP contribution in [0.15, 0.2) is 37.2 Å². The number of ether oxygens (including phenoxy) is 1. The molecule has 0 radical (unpaired) electrons. The molecule has 0 unspecified atom stereocenters. The number of pyridine rings is 1. The molecule has 3 aromatic rings. The molecule has 4 rings (SSSR count). The highest BCUT2D eigenvalue weighted by Crippen LogP contribution is 2.25. The van der Waals surface area contributed by atoms with Gasteiger partial charge in [-0.05, 0) is 24.1 Å². The highest BCUT2D eigenvalue weighted by molar-refractivity contribution is 5.82. The van der Waals surface area contributed by atoms with Crippen LogP contribution in [-0.4, -0.2) is 44.1 Å². The van der Waals surface area contributed by atoms with Crippen LogP contribution in [-0.2, 0) is 11.3 Å². The molecule has 1 aliphatic heterocycles. The molecule has 22 heavy (non-hydrogen) atoms. The Morgan fingerprint density at radius 3 is 3.05 bits per heavy atom.